The molecule has 1 heterocycles. The van der Waals surface area contributed by atoms with Gasteiger partial charge in [0.05, 0.1) is 17.0 Å². The largest absolute Gasteiger partial charge is 0.483 e. The van der Waals surface area contributed by atoms with Crippen LogP contribution in [0.4, 0.5) is 0 Å². The number of hydrogen-bond donors (Lipinski definition) is 0. The maximum absolute atomic E-state index is 12.2. The van der Waals surface area contributed by atoms with Gasteiger partial charge in [-0.1, -0.05) is 53.5 Å². The fourth-order valence-electron chi connectivity index (χ4n) is 2.20. The van der Waals surface area contributed by atoms with Crippen LogP contribution in [0.3, 0.4) is 0 Å². The zero-order valence-electron chi connectivity index (χ0n) is 9.90. The van der Waals surface area contributed by atoms with E-state index in [9.17, 15) is 4.79 Å². The molecule has 19 heavy (non-hydrogen) atoms. The van der Waals surface area contributed by atoms with Crippen LogP contribution in [0.5, 0.6) is 5.75 Å². The molecule has 0 saturated carbocycles. The summed E-state index contributed by atoms with van der Waals surface area (Å²) in [5.74, 6) is 0.427. The fraction of sp³-hybridized carbons (Fsp3) is 0.133. The first-order valence-electron chi connectivity index (χ1n) is 5.89. The van der Waals surface area contributed by atoms with Crippen LogP contribution in [0.1, 0.15) is 28.4 Å². The van der Waals surface area contributed by atoms with Crippen molar-refractivity contribution in [1.29, 1.82) is 0 Å². The summed E-state index contributed by atoms with van der Waals surface area (Å²) >= 11 is 12.0. The Morgan fingerprint density at radius 1 is 1.11 bits per heavy atom. The van der Waals surface area contributed by atoms with E-state index in [2.05, 4.69) is 0 Å². The second-order valence-electron chi connectivity index (χ2n) is 4.41. The lowest BCUT2D eigenvalue weighted by atomic mass is 9.96. The molecule has 1 atom stereocenters. The summed E-state index contributed by atoms with van der Waals surface area (Å²) in [7, 11) is 0. The minimum Gasteiger partial charge on any atom is -0.483 e. The van der Waals surface area contributed by atoms with E-state index in [1.54, 1.807) is 12.1 Å². The summed E-state index contributed by atoms with van der Waals surface area (Å²) in [4.78, 5) is 12.2. The average molecular weight is 293 g/mol. The van der Waals surface area contributed by atoms with Crippen LogP contribution < -0.4 is 4.74 Å². The Morgan fingerprint density at radius 3 is 2.58 bits per heavy atom. The van der Waals surface area contributed by atoms with Gasteiger partial charge in [0, 0.05) is 5.02 Å². The SMILES string of the molecule is O=C1C[C@@H](c2ccccc2)Oc2c(Cl)cc(Cl)cc21. The molecule has 2 nitrogen and oxygen atoms in total. The highest BCUT2D eigenvalue weighted by atomic mass is 35.5. The van der Waals surface area contributed by atoms with E-state index in [4.69, 9.17) is 27.9 Å². The molecule has 0 N–H and O–H groups in total. The van der Waals surface area contributed by atoms with Gasteiger partial charge in [-0.25, -0.2) is 0 Å². The van der Waals surface area contributed by atoms with E-state index in [1.807, 2.05) is 30.3 Å². The zero-order valence-corrected chi connectivity index (χ0v) is 11.4. The molecule has 96 valence electrons. The standard InChI is InChI=1S/C15H10Cl2O2/c16-10-6-11-13(18)8-14(9-4-2-1-3-5-9)19-15(11)12(17)7-10/h1-7,14H,8H2/t14-/m0/s1. The summed E-state index contributed by atoms with van der Waals surface area (Å²) in [6, 6.07) is 12.8. The van der Waals surface area contributed by atoms with Crippen molar-refractivity contribution >= 4 is 29.0 Å². The van der Waals surface area contributed by atoms with Gasteiger partial charge < -0.3 is 4.74 Å². The predicted octanol–water partition coefficient (Wildman–Crippen LogP) is 4.70. The van der Waals surface area contributed by atoms with E-state index < -0.39 is 0 Å². The van der Waals surface area contributed by atoms with Crippen molar-refractivity contribution in [2.24, 2.45) is 0 Å². The van der Waals surface area contributed by atoms with Gasteiger partial charge in [-0.05, 0) is 17.7 Å². The number of ether oxygens (including phenoxy) is 1. The molecule has 0 unspecified atom stereocenters. The average Bonchev–Trinajstić information content (AvgIpc) is 2.41. The second kappa shape index (κ2) is 4.87. The predicted molar refractivity (Wildman–Crippen MR) is 75.2 cm³/mol. The van der Waals surface area contributed by atoms with E-state index in [1.165, 1.54) is 0 Å². The molecule has 0 amide bonds. The first-order chi connectivity index (χ1) is 9.15. The zero-order chi connectivity index (χ0) is 13.4. The molecule has 0 aromatic heterocycles. The molecule has 3 rings (SSSR count). The summed E-state index contributed by atoms with van der Waals surface area (Å²) in [5, 5.41) is 0.815. The van der Waals surface area contributed by atoms with E-state index >= 15 is 0 Å². The van der Waals surface area contributed by atoms with Crippen LogP contribution >= 0.6 is 23.2 Å². The highest BCUT2D eigenvalue weighted by molar-refractivity contribution is 6.36. The van der Waals surface area contributed by atoms with Crippen molar-refractivity contribution in [3.8, 4) is 5.75 Å². The van der Waals surface area contributed by atoms with Crippen LogP contribution in [-0.2, 0) is 0 Å². The Labute approximate surface area is 120 Å². The lowest BCUT2D eigenvalue weighted by molar-refractivity contribution is 0.0850. The van der Waals surface area contributed by atoms with E-state index in [0.29, 0.717) is 27.8 Å². The third-order valence-corrected chi connectivity index (χ3v) is 3.61. The van der Waals surface area contributed by atoms with Crippen LogP contribution in [0.25, 0.3) is 0 Å². The number of halogens is 2. The monoisotopic (exact) mass is 292 g/mol. The van der Waals surface area contributed by atoms with Gasteiger partial charge in [0.15, 0.2) is 5.78 Å². The second-order valence-corrected chi connectivity index (χ2v) is 5.25. The number of rotatable bonds is 1. The van der Waals surface area contributed by atoms with Gasteiger partial charge >= 0.3 is 0 Å². The minimum absolute atomic E-state index is 0.000460. The normalized spacial score (nSPS) is 17.8. The van der Waals surface area contributed by atoms with Crippen molar-refractivity contribution < 1.29 is 9.53 Å². The lowest BCUT2D eigenvalue weighted by Crippen LogP contribution is -2.20. The third kappa shape index (κ3) is 2.34. The van der Waals surface area contributed by atoms with Gasteiger partial charge in [-0.15, -0.1) is 0 Å². The minimum atomic E-state index is -0.292. The maximum atomic E-state index is 12.2. The molecule has 0 spiro atoms. The third-order valence-electron chi connectivity index (χ3n) is 3.11. The number of carbonyl (C=O) groups is 1. The Kier molecular flexibility index (Phi) is 3.21. The van der Waals surface area contributed by atoms with Crippen molar-refractivity contribution in [2.75, 3.05) is 0 Å². The quantitative estimate of drug-likeness (QED) is 0.761. The topological polar surface area (TPSA) is 26.3 Å². The van der Waals surface area contributed by atoms with Gasteiger partial charge in [-0.2, -0.15) is 0 Å². The Morgan fingerprint density at radius 2 is 1.84 bits per heavy atom. The molecule has 0 radical (unpaired) electrons. The number of fused-ring (bicyclic) bond motifs is 1. The summed E-state index contributed by atoms with van der Waals surface area (Å²) < 4.78 is 5.86. The molecule has 4 heteroatoms. The molecule has 1 aliphatic rings. The maximum Gasteiger partial charge on any atom is 0.170 e. The molecule has 0 fully saturated rings. The summed E-state index contributed by atoms with van der Waals surface area (Å²) in [5.41, 5.74) is 1.43. The molecular weight excluding hydrogens is 283 g/mol. The lowest BCUT2D eigenvalue weighted by Gasteiger charge is -2.26. The van der Waals surface area contributed by atoms with Crippen LogP contribution in [0.2, 0.25) is 10.0 Å². The van der Waals surface area contributed by atoms with Gasteiger partial charge in [0.2, 0.25) is 0 Å². The fourth-order valence-corrected chi connectivity index (χ4v) is 2.74. The molecular formula is C15H10Cl2O2. The van der Waals surface area contributed by atoms with Crippen LogP contribution in [0, 0.1) is 0 Å². The number of carbonyl (C=O) groups excluding carboxylic acids is 1. The first-order valence-corrected chi connectivity index (χ1v) is 6.64. The van der Waals surface area contributed by atoms with Crippen molar-refractivity contribution in [3.05, 3.63) is 63.6 Å². The van der Waals surface area contributed by atoms with Gasteiger partial charge in [0.25, 0.3) is 0 Å². The highest BCUT2D eigenvalue weighted by Crippen LogP contribution is 2.41. The van der Waals surface area contributed by atoms with Crippen molar-refractivity contribution in [1.82, 2.24) is 0 Å². The molecule has 1 aliphatic heterocycles. The van der Waals surface area contributed by atoms with E-state index in [0.717, 1.165) is 5.56 Å². The Bertz CT molecular complexity index is 638. The number of benzene rings is 2. The smallest absolute Gasteiger partial charge is 0.170 e. The Hall–Kier alpha value is -1.51. The molecule has 2 aromatic rings. The summed E-state index contributed by atoms with van der Waals surface area (Å²) in [6.07, 6.45) is 0.00751. The molecule has 2 aromatic carbocycles. The number of ketones is 1. The van der Waals surface area contributed by atoms with E-state index in [-0.39, 0.29) is 11.9 Å². The van der Waals surface area contributed by atoms with Crippen molar-refractivity contribution in [2.45, 2.75) is 12.5 Å². The highest BCUT2D eigenvalue weighted by Gasteiger charge is 2.29. The summed E-state index contributed by atoms with van der Waals surface area (Å²) in [6.45, 7) is 0. The molecule has 0 saturated heterocycles. The van der Waals surface area contributed by atoms with Crippen molar-refractivity contribution in [3.63, 3.8) is 0 Å². The van der Waals surface area contributed by atoms with Gasteiger partial charge in [-0.3, -0.25) is 4.79 Å². The van der Waals surface area contributed by atoms with Gasteiger partial charge in [0.1, 0.15) is 11.9 Å². The van der Waals surface area contributed by atoms with Crippen LogP contribution in [0.15, 0.2) is 42.5 Å². The first kappa shape index (κ1) is 12.5. The molecule has 0 aliphatic carbocycles. The molecule has 0 bridgehead atoms. The Balaban J connectivity index is 2.03. The number of Topliss-reactive ketones (excluding diaryl/α,β-unsaturated/α-hetero) is 1. The van der Waals surface area contributed by atoms with Crippen LogP contribution in [-0.4, -0.2) is 5.78 Å². The number of hydrogen-bond acceptors (Lipinski definition) is 2.